The van der Waals surface area contributed by atoms with E-state index in [0.717, 1.165) is 22.6 Å². The standard InChI is InChI=1S/C10H15NO3/c1-7-9(13-2)5-4-8(6-11-12)10(7)14-3/h4-5,11-12H,6H2,1-3H3. The summed E-state index contributed by atoms with van der Waals surface area (Å²) in [4.78, 5) is 0. The van der Waals surface area contributed by atoms with E-state index < -0.39 is 0 Å². The predicted octanol–water partition coefficient (Wildman–Crippen LogP) is 1.49. The molecule has 0 aliphatic rings. The van der Waals surface area contributed by atoms with Gasteiger partial charge in [0.1, 0.15) is 11.5 Å². The summed E-state index contributed by atoms with van der Waals surface area (Å²) < 4.78 is 10.4. The van der Waals surface area contributed by atoms with Crippen LogP contribution in [0.4, 0.5) is 0 Å². The van der Waals surface area contributed by atoms with Gasteiger partial charge in [0.2, 0.25) is 0 Å². The zero-order valence-electron chi connectivity index (χ0n) is 8.63. The molecular formula is C10H15NO3. The molecule has 0 amide bonds. The van der Waals surface area contributed by atoms with Gasteiger partial charge in [-0.3, -0.25) is 0 Å². The molecule has 0 aliphatic heterocycles. The number of hydrogen-bond donors (Lipinski definition) is 2. The molecule has 0 spiro atoms. The number of ether oxygens (including phenoxy) is 2. The largest absolute Gasteiger partial charge is 0.496 e. The van der Waals surface area contributed by atoms with Crippen LogP contribution in [0.25, 0.3) is 0 Å². The lowest BCUT2D eigenvalue weighted by molar-refractivity contribution is 0.160. The third-order valence-electron chi connectivity index (χ3n) is 2.13. The first-order valence-electron chi connectivity index (χ1n) is 4.32. The van der Waals surface area contributed by atoms with Gasteiger partial charge in [0.05, 0.1) is 14.2 Å². The van der Waals surface area contributed by atoms with E-state index in [1.807, 2.05) is 19.1 Å². The summed E-state index contributed by atoms with van der Waals surface area (Å²) in [6, 6.07) is 3.71. The van der Waals surface area contributed by atoms with Crippen molar-refractivity contribution in [3.05, 3.63) is 23.3 Å². The highest BCUT2D eigenvalue weighted by Gasteiger charge is 2.10. The number of benzene rings is 1. The highest BCUT2D eigenvalue weighted by atomic mass is 16.5. The van der Waals surface area contributed by atoms with Crippen LogP contribution >= 0.6 is 0 Å². The van der Waals surface area contributed by atoms with Gasteiger partial charge in [0.15, 0.2) is 0 Å². The first kappa shape index (κ1) is 10.8. The number of nitrogens with one attached hydrogen (secondary N) is 1. The molecule has 4 heteroatoms. The van der Waals surface area contributed by atoms with Crippen molar-refractivity contribution in [1.82, 2.24) is 5.48 Å². The quantitative estimate of drug-likeness (QED) is 0.718. The van der Waals surface area contributed by atoms with Crippen LogP contribution in [0.2, 0.25) is 0 Å². The van der Waals surface area contributed by atoms with Gasteiger partial charge >= 0.3 is 0 Å². The second-order valence-corrected chi connectivity index (χ2v) is 2.92. The van der Waals surface area contributed by atoms with Crippen molar-refractivity contribution in [2.24, 2.45) is 0 Å². The normalized spacial score (nSPS) is 10.0. The number of hydroxylamine groups is 1. The molecular weight excluding hydrogens is 182 g/mol. The minimum Gasteiger partial charge on any atom is -0.496 e. The van der Waals surface area contributed by atoms with E-state index in [9.17, 15) is 0 Å². The fraction of sp³-hybridized carbons (Fsp3) is 0.400. The van der Waals surface area contributed by atoms with E-state index in [-0.39, 0.29) is 0 Å². The van der Waals surface area contributed by atoms with Crippen molar-refractivity contribution in [2.45, 2.75) is 13.5 Å². The Bertz CT molecular complexity index is 312. The van der Waals surface area contributed by atoms with Crippen molar-refractivity contribution >= 4 is 0 Å². The van der Waals surface area contributed by atoms with Gasteiger partial charge in [-0.15, -0.1) is 0 Å². The van der Waals surface area contributed by atoms with E-state index >= 15 is 0 Å². The maximum atomic E-state index is 8.62. The molecule has 0 heterocycles. The topological polar surface area (TPSA) is 50.7 Å². The Labute approximate surface area is 83.4 Å². The fourth-order valence-corrected chi connectivity index (χ4v) is 1.46. The molecule has 78 valence electrons. The minimum absolute atomic E-state index is 0.355. The summed E-state index contributed by atoms with van der Waals surface area (Å²) in [5.74, 6) is 1.52. The zero-order chi connectivity index (χ0) is 10.6. The lowest BCUT2D eigenvalue weighted by atomic mass is 10.1. The van der Waals surface area contributed by atoms with Crippen LogP contribution in [0.5, 0.6) is 11.5 Å². The van der Waals surface area contributed by atoms with Crippen LogP contribution in [0.15, 0.2) is 12.1 Å². The van der Waals surface area contributed by atoms with Crippen LogP contribution in [-0.2, 0) is 6.54 Å². The van der Waals surface area contributed by atoms with Crippen molar-refractivity contribution in [2.75, 3.05) is 14.2 Å². The molecule has 0 aromatic heterocycles. The average molecular weight is 197 g/mol. The van der Waals surface area contributed by atoms with Crippen LogP contribution in [0.3, 0.4) is 0 Å². The lowest BCUT2D eigenvalue weighted by Crippen LogP contribution is -2.08. The smallest absolute Gasteiger partial charge is 0.130 e. The van der Waals surface area contributed by atoms with Crippen LogP contribution in [0, 0.1) is 6.92 Å². The van der Waals surface area contributed by atoms with Gasteiger partial charge in [-0.1, -0.05) is 6.07 Å². The molecule has 0 saturated heterocycles. The highest BCUT2D eigenvalue weighted by Crippen LogP contribution is 2.30. The minimum atomic E-state index is 0.355. The van der Waals surface area contributed by atoms with E-state index in [1.54, 1.807) is 14.2 Å². The van der Waals surface area contributed by atoms with Gasteiger partial charge in [0.25, 0.3) is 0 Å². The Morgan fingerprint density at radius 1 is 1.29 bits per heavy atom. The summed E-state index contributed by atoms with van der Waals surface area (Å²) in [7, 11) is 3.22. The predicted molar refractivity (Wildman–Crippen MR) is 52.9 cm³/mol. The van der Waals surface area contributed by atoms with E-state index in [2.05, 4.69) is 5.48 Å². The van der Waals surface area contributed by atoms with Gasteiger partial charge < -0.3 is 14.7 Å². The van der Waals surface area contributed by atoms with E-state index in [0.29, 0.717) is 6.54 Å². The molecule has 0 fully saturated rings. The van der Waals surface area contributed by atoms with Crippen LogP contribution < -0.4 is 15.0 Å². The molecule has 0 unspecified atom stereocenters. The Morgan fingerprint density at radius 3 is 2.50 bits per heavy atom. The summed E-state index contributed by atoms with van der Waals surface area (Å²) in [6.45, 7) is 2.27. The Hall–Kier alpha value is -1.26. The lowest BCUT2D eigenvalue weighted by Gasteiger charge is -2.13. The van der Waals surface area contributed by atoms with Gasteiger partial charge in [-0.25, -0.2) is 5.48 Å². The fourth-order valence-electron chi connectivity index (χ4n) is 1.46. The molecule has 0 bridgehead atoms. The highest BCUT2D eigenvalue weighted by molar-refractivity contribution is 5.49. The summed E-state index contributed by atoms with van der Waals surface area (Å²) in [5, 5.41) is 8.62. The SMILES string of the molecule is COc1ccc(CNO)c(OC)c1C. The van der Waals surface area contributed by atoms with Crippen molar-refractivity contribution in [1.29, 1.82) is 0 Å². The van der Waals surface area contributed by atoms with Crippen molar-refractivity contribution < 1.29 is 14.7 Å². The molecule has 0 atom stereocenters. The molecule has 0 radical (unpaired) electrons. The number of rotatable bonds is 4. The summed E-state index contributed by atoms with van der Waals surface area (Å²) >= 11 is 0. The monoisotopic (exact) mass is 197 g/mol. The number of methoxy groups -OCH3 is 2. The molecule has 0 saturated carbocycles. The first-order valence-corrected chi connectivity index (χ1v) is 4.32. The third kappa shape index (κ3) is 1.97. The Balaban J connectivity index is 3.14. The molecule has 4 nitrogen and oxygen atoms in total. The van der Waals surface area contributed by atoms with Gasteiger partial charge in [0, 0.05) is 17.7 Å². The second kappa shape index (κ2) is 4.83. The maximum Gasteiger partial charge on any atom is 0.130 e. The first-order chi connectivity index (χ1) is 6.74. The van der Waals surface area contributed by atoms with E-state index in [1.165, 1.54) is 0 Å². The average Bonchev–Trinajstić information content (AvgIpc) is 2.19. The summed E-state index contributed by atoms with van der Waals surface area (Å²) in [6.07, 6.45) is 0. The molecule has 2 N–H and O–H groups in total. The Kier molecular flexibility index (Phi) is 3.73. The summed E-state index contributed by atoms with van der Waals surface area (Å²) in [5.41, 5.74) is 3.93. The Morgan fingerprint density at radius 2 is 2.00 bits per heavy atom. The molecule has 0 aliphatic carbocycles. The maximum absolute atomic E-state index is 8.62. The van der Waals surface area contributed by atoms with Crippen LogP contribution in [-0.4, -0.2) is 19.4 Å². The molecule has 14 heavy (non-hydrogen) atoms. The van der Waals surface area contributed by atoms with Crippen molar-refractivity contribution in [3.8, 4) is 11.5 Å². The molecule has 1 aromatic rings. The van der Waals surface area contributed by atoms with Gasteiger partial charge in [-0.05, 0) is 13.0 Å². The third-order valence-corrected chi connectivity index (χ3v) is 2.13. The van der Waals surface area contributed by atoms with Gasteiger partial charge in [-0.2, -0.15) is 0 Å². The second-order valence-electron chi connectivity index (χ2n) is 2.92. The van der Waals surface area contributed by atoms with Crippen LogP contribution in [0.1, 0.15) is 11.1 Å². The molecule has 1 aromatic carbocycles. The molecule has 1 rings (SSSR count). The van der Waals surface area contributed by atoms with E-state index in [4.69, 9.17) is 14.7 Å². The van der Waals surface area contributed by atoms with Crippen molar-refractivity contribution in [3.63, 3.8) is 0 Å². The number of hydrogen-bond acceptors (Lipinski definition) is 4. The zero-order valence-corrected chi connectivity index (χ0v) is 8.63.